The molecule has 0 saturated carbocycles. The van der Waals surface area contributed by atoms with Gasteiger partial charge in [-0.1, -0.05) is 17.7 Å². The molecule has 3 rings (SSSR count). The van der Waals surface area contributed by atoms with Crippen LogP contribution in [0.3, 0.4) is 0 Å². The third kappa shape index (κ3) is 0.989. The van der Waals surface area contributed by atoms with Crippen LogP contribution < -0.4 is 5.73 Å². The van der Waals surface area contributed by atoms with Crippen LogP contribution in [0.2, 0.25) is 0 Å². The topological polar surface area (TPSA) is 46.3 Å². The summed E-state index contributed by atoms with van der Waals surface area (Å²) in [5.74, 6) is 0.650. The van der Waals surface area contributed by atoms with Crippen molar-refractivity contribution < 1.29 is 4.79 Å². The SMILES string of the molecule is NC1C(=O)N2CCC3=C1C=CC(C3)C2. The van der Waals surface area contributed by atoms with Gasteiger partial charge in [-0.15, -0.1) is 0 Å². The van der Waals surface area contributed by atoms with E-state index in [2.05, 4.69) is 12.2 Å². The van der Waals surface area contributed by atoms with Crippen LogP contribution in [0.4, 0.5) is 0 Å². The van der Waals surface area contributed by atoms with Gasteiger partial charge in [-0.3, -0.25) is 4.79 Å². The molecule has 3 bridgehead atoms. The summed E-state index contributed by atoms with van der Waals surface area (Å²) < 4.78 is 0. The molecule has 2 unspecified atom stereocenters. The molecular formula is C11H14N2O. The van der Waals surface area contributed by atoms with Gasteiger partial charge in [0.05, 0.1) is 0 Å². The molecular weight excluding hydrogens is 176 g/mol. The van der Waals surface area contributed by atoms with Gasteiger partial charge in [0.15, 0.2) is 0 Å². The van der Waals surface area contributed by atoms with Crippen LogP contribution >= 0.6 is 0 Å². The lowest BCUT2D eigenvalue weighted by atomic mass is 9.85. The second-order valence-corrected chi connectivity index (χ2v) is 4.39. The maximum Gasteiger partial charge on any atom is 0.244 e. The summed E-state index contributed by atoms with van der Waals surface area (Å²) in [5, 5.41) is 0. The van der Waals surface area contributed by atoms with Crippen molar-refractivity contribution in [1.82, 2.24) is 4.90 Å². The number of carbonyl (C=O) groups excluding carboxylic acids is 1. The van der Waals surface area contributed by atoms with Gasteiger partial charge in [-0.05, 0) is 24.3 Å². The van der Waals surface area contributed by atoms with Crippen molar-refractivity contribution in [2.45, 2.75) is 18.9 Å². The van der Waals surface area contributed by atoms with E-state index in [1.54, 1.807) is 0 Å². The van der Waals surface area contributed by atoms with Crippen LogP contribution in [-0.4, -0.2) is 29.9 Å². The van der Waals surface area contributed by atoms with Crippen LogP contribution in [0.15, 0.2) is 23.3 Å². The molecule has 3 aliphatic rings. The van der Waals surface area contributed by atoms with E-state index in [4.69, 9.17) is 5.73 Å². The maximum absolute atomic E-state index is 11.9. The van der Waals surface area contributed by atoms with E-state index >= 15 is 0 Å². The van der Waals surface area contributed by atoms with Crippen molar-refractivity contribution in [3.8, 4) is 0 Å². The Bertz CT molecular complexity index is 356. The van der Waals surface area contributed by atoms with E-state index < -0.39 is 6.04 Å². The van der Waals surface area contributed by atoms with Crippen LogP contribution in [-0.2, 0) is 4.79 Å². The summed E-state index contributed by atoms with van der Waals surface area (Å²) in [5.41, 5.74) is 8.45. The number of amides is 1. The van der Waals surface area contributed by atoms with Gasteiger partial charge in [0, 0.05) is 13.1 Å². The van der Waals surface area contributed by atoms with E-state index in [1.165, 1.54) is 5.57 Å². The molecule has 1 fully saturated rings. The molecule has 74 valence electrons. The van der Waals surface area contributed by atoms with Gasteiger partial charge in [0.25, 0.3) is 0 Å². The van der Waals surface area contributed by atoms with Crippen molar-refractivity contribution in [2.75, 3.05) is 13.1 Å². The molecule has 0 aromatic rings. The molecule has 1 saturated heterocycles. The molecule has 3 nitrogen and oxygen atoms in total. The largest absolute Gasteiger partial charge is 0.340 e. The Kier molecular flexibility index (Phi) is 1.59. The van der Waals surface area contributed by atoms with Gasteiger partial charge in [-0.2, -0.15) is 0 Å². The maximum atomic E-state index is 11.9. The van der Waals surface area contributed by atoms with Gasteiger partial charge in [-0.25, -0.2) is 0 Å². The second kappa shape index (κ2) is 2.70. The summed E-state index contributed by atoms with van der Waals surface area (Å²) >= 11 is 0. The normalized spacial score (nSPS) is 35.2. The molecule has 2 atom stereocenters. The molecule has 0 radical (unpaired) electrons. The number of nitrogens with zero attached hydrogens (tertiary/aromatic N) is 1. The molecule has 2 N–H and O–H groups in total. The molecule has 2 heterocycles. The highest BCUT2D eigenvalue weighted by Gasteiger charge is 2.35. The van der Waals surface area contributed by atoms with E-state index in [0.717, 1.165) is 31.5 Å². The van der Waals surface area contributed by atoms with Crippen molar-refractivity contribution in [2.24, 2.45) is 11.7 Å². The summed E-state index contributed by atoms with van der Waals surface area (Å²) in [7, 11) is 0. The third-order valence-corrected chi connectivity index (χ3v) is 3.52. The molecule has 14 heavy (non-hydrogen) atoms. The Hall–Kier alpha value is -1.09. The Morgan fingerprint density at radius 3 is 3.21 bits per heavy atom. The molecule has 0 aromatic heterocycles. The molecule has 1 amide bonds. The lowest BCUT2D eigenvalue weighted by Gasteiger charge is -2.30. The number of carbonyl (C=O) groups is 1. The number of hydrogen-bond acceptors (Lipinski definition) is 2. The van der Waals surface area contributed by atoms with Crippen LogP contribution in [0.1, 0.15) is 12.8 Å². The zero-order valence-corrected chi connectivity index (χ0v) is 8.07. The van der Waals surface area contributed by atoms with Crippen LogP contribution in [0.25, 0.3) is 0 Å². The highest BCUT2D eigenvalue weighted by atomic mass is 16.2. The predicted molar refractivity (Wildman–Crippen MR) is 53.4 cm³/mol. The highest BCUT2D eigenvalue weighted by molar-refractivity contribution is 5.87. The third-order valence-electron chi connectivity index (χ3n) is 3.52. The molecule has 1 aliphatic carbocycles. The minimum atomic E-state index is -0.398. The molecule has 2 aliphatic heterocycles. The number of nitrogens with two attached hydrogens (primary N) is 1. The minimum Gasteiger partial charge on any atom is -0.340 e. The van der Waals surface area contributed by atoms with Crippen LogP contribution in [0, 0.1) is 5.92 Å². The van der Waals surface area contributed by atoms with E-state index in [9.17, 15) is 4.79 Å². The van der Waals surface area contributed by atoms with E-state index in [-0.39, 0.29) is 5.91 Å². The van der Waals surface area contributed by atoms with Crippen molar-refractivity contribution in [3.63, 3.8) is 0 Å². The average Bonchev–Trinajstić information content (AvgIpc) is 2.42. The Morgan fingerprint density at radius 1 is 1.50 bits per heavy atom. The average molecular weight is 190 g/mol. The summed E-state index contributed by atoms with van der Waals surface area (Å²) in [6.07, 6.45) is 6.43. The Morgan fingerprint density at radius 2 is 2.36 bits per heavy atom. The first-order valence-corrected chi connectivity index (χ1v) is 5.20. The van der Waals surface area contributed by atoms with Gasteiger partial charge < -0.3 is 10.6 Å². The minimum absolute atomic E-state index is 0.115. The zero-order chi connectivity index (χ0) is 9.71. The first-order valence-electron chi connectivity index (χ1n) is 5.20. The Labute approximate surface area is 83.3 Å². The highest BCUT2D eigenvalue weighted by Crippen LogP contribution is 2.34. The lowest BCUT2D eigenvalue weighted by molar-refractivity contribution is -0.131. The fraction of sp³-hybridized carbons (Fsp3) is 0.545. The number of rotatable bonds is 0. The first-order chi connectivity index (χ1) is 6.75. The number of hydrogen-bond donors (Lipinski definition) is 1. The van der Waals surface area contributed by atoms with Gasteiger partial charge in [0.1, 0.15) is 6.04 Å². The van der Waals surface area contributed by atoms with Crippen molar-refractivity contribution in [1.29, 1.82) is 0 Å². The number of fused-ring (bicyclic) bond motifs is 3. The summed E-state index contributed by atoms with van der Waals surface area (Å²) in [6, 6.07) is -0.398. The predicted octanol–water partition coefficient (Wildman–Crippen LogP) is 0.432. The van der Waals surface area contributed by atoms with Gasteiger partial charge in [0.2, 0.25) is 5.91 Å². The fourth-order valence-electron chi connectivity index (χ4n) is 2.73. The van der Waals surface area contributed by atoms with Crippen molar-refractivity contribution in [3.05, 3.63) is 23.3 Å². The zero-order valence-electron chi connectivity index (χ0n) is 8.07. The second-order valence-electron chi connectivity index (χ2n) is 4.39. The molecule has 0 spiro atoms. The van der Waals surface area contributed by atoms with Crippen LogP contribution in [0.5, 0.6) is 0 Å². The van der Waals surface area contributed by atoms with Crippen molar-refractivity contribution >= 4 is 5.91 Å². The lowest BCUT2D eigenvalue weighted by Crippen LogP contribution is -2.46. The smallest absolute Gasteiger partial charge is 0.244 e. The Balaban J connectivity index is 2.16. The van der Waals surface area contributed by atoms with Gasteiger partial charge >= 0.3 is 0 Å². The standard InChI is InChI=1S/C11H14N2O/c12-10-9-2-1-7-5-8(9)3-4-13(6-7)11(10)14/h1-2,7,10H,3-6,12H2. The van der Waals surface area contributed by atoms with E-state index in [1.807, 2.05) is 4.90 Å². The summed E-state index contributed by atoms with van der Waals surface area (Å²) in [6.45, 7) is 1.73. The summed E-state index contributed by atoms with van der Waals surface area (Å²) in [4.78, 5) is 13.8. The monoisotopic (exact) mass is 190 g/mol. The molecule has 3 heteroatoms. The quantitative estimate of drug-likeness (QED) is 0.602. The molecule has 0 aromatic carbocycles. The fourth-order valence-corrected chi connectivity index (χ4v) is 2.73. The van der Waals surface area contributed by atoms with E-state index in [0.29, 0.717) is 5.92 Å². The first kappa shape index (κ1) is 8.24.